The molecule has 2 aromatic carbocycles. The van der Waals surface area contributed by atoms with Gasteiger partial charge in [0.15, 0.2) is 0 Å². The normalized spacial score (nSPS) is 13.0. The SMILES string of the molecule is Cc1c(F)cc(C(=O)NC2CC2)cc1-c1ccc(C(=O)NCc2c(F)ccc(Cl)c2F)cn1. The summed E-state index contributed by atoms with van der Waals surface area (Å²) in [6, 6.07) is 7.96. The summed E-state index contributed by atoms with van der Waals surface area (Å²) >= 11 is 5.66. The number of hydrogen-bond donors (Lipinski definition) is 2. The van der Waals surface area contributed by atoms with Crippen LogP contribution in [0.25, 0.3) is 11.3 Å². The number of carbonyl (C=O) groups is 2. The molecule has 0 aliphatic heterocycles. The second kappa shape index (κ2) is 9.23. The van der Waals surface area contributed by atoms with Crippen LogP contribution in [0, 0.1) is 24.4 Å². The van der Waals surface area contributed by atoms with E-state index in [4.69, 9.17) is 11.6 Å². The van der Waals surface area contributed by atoms with E-state index in [0.717, 1.165) is 25.0 Å². The lowest BCUT2D eigenvalue weighted by atomic mass is 10.00. The molecule has 1 saturated carbocycles. The molecular formula is C24H19ClF3N3O2. The van der Waals surface area contributed by atoms with Gasteiger partial charge in [0.25, 0.3) is 11.8 Å². The first-order chi connectivity index (χ1) is 15.7. The van der Waals surface area contributed by atoms with Gasteiger partial charge in [-0.3, -0.25) is 14.6 Å². The highest BCUT2D eigenvalue weighted by Gasteiger charge is 2.25. The maximum Gasteiger partial charge on any atom is 0.253 e. The summed E-state index contributed by atoms with van der Waals surface area (Å²) in [4.78, 5) is 29.0. The molecule has 33 heavy (non-hydrogen) atoms. The van der Waals surface area contributed by atoms with Crippen molar-refractivity contribution in [3.63, 3.8) is 0 Å². The zero-order valence-corrected chi connectivity index (χ0v) is 18.3. The molecule has 0 saturated heterocycles. The molecule has 1 aliphatic carbocycles. The molecule has 5 nitrogen and oxygen atoms in total. The van der Waals surface area contributed by atoms with E-state index in [-0.39, 0.29) is 33.7 Å². The standard InChI is InChI=1S/C24H19ClF3N3O2/c1-12-16(8-14(9-20(12)27)24(33)31-15-3-4-15)21-7-2-13(10-29-21)23(32)30-11-17-19(26)6-5-18(25)22(17)28/h2,5-10,15H,3-4,11H2,1H3,(H,30,32)(H,31,33). The van der Waals surface area contributed by atoms with Crippen LogP contribution in [0.1, 0.15) is 44.7 Å². The molecule has 1 aliphatic rings. The highest BCUT2D eigenvalue weighted by Crippen LogP contribution is 2.27. The Morgan fingerprint density at radius 1 is 1.03 bits per heavy atom. The van der Waals surface area contributed by atoms with Crippen LogP contribution in [0.2, 0.25) is 5.02 Å². The van der Waals surface area contributed by atoms with Crippen molar-refractivity contribution in [2.24, 2.45) is 0 Å². The number of amides is 2. The highest BCUT2D eigenvalue weighted by molar-refractivity contribution is 6.30. The fraction of sp³-hybridized carbons (Fsp3) is 0.208. The van der Waals surface area contributed by atoms with E-state index >= 15 is 0 Å². The van der Waals surface area contributed by atoms with Gasteiger partial charge in [-0.05, 0) is 61.7 Å². The van der Waals surface area contributed by atoms with Gasteiger partial charge in [0.2, 0.25) is 0 Å². The Morgan fingerprint density at radius 2 is 1.79 bits per heavy atom. The zero-order chi connectivity index (χ0) is 23.7. The minimum atomic E-state index is -0.937. The maximum absolute atomic E-state index is 14.5. The van der Waals surface area contributed by atoms with Crippen molar-refractivity contribution in [1.82, 2.24) is 15.6 Å². The Labute approximate surface area is 193 Å². The van der Waals surface area contributed by atoms with Gasteiger partial charge in [-0.2, -0.15) is 0 Å². The lowest BCUT2D eigenvalue weighted by Gasteiger charge is -2.11. The summed E-state index contributed by atoms with van der Waals surface area (Å²) in [5.74, 6) is -3.26. The third-order valence-corrected chi connectivity index (χ3v) is 5.68. The number of rotatable bonds is 6. The number of carbonyl (C=O) groups excluding carboxylic acids is 2. The monoisotopic (exact) mass is 473 g/mol. The molecule has 0 radical (unpaired) electrons. The van der Waals surface area contributed by atoms with E-state index in [1.165, 1.54) is 24.4 Å². The zero-order valence-electron chi connectivity index (χ0n) is 17.5. The topological polar surface area (TPSA) is 71.1 Å². The molecule has 1 heterocycles. The van der Waals surface area contributed by atoms with Crippen molar-refractivity contribution in [2.45, 2.75) is 32.4 Å². The summed E-state index contributed by atoms with van der Waals surface area (Å²) in [6.07, 6.45) is 3.09. The molecule has 3 aromatic rings. The van der Waals surface area contributed by atoms with Crippen LogP contribution < -0.4 is 10.6 Å². The van der Waals surface area contributed by atoms with Crippen LogP contribution in [0.5, 0.6) is 0 Å². The number of aromatic nitrogens is 1. The van der Waals surface area contributed by atoms with Crippen molar-refractivity contribution in [2.75, 3.05) is 0 Å². The van der Waals surface area contributed by atoms with Crippen molar-refractivity contribution < 1.29 is 22.8 Å². The number of hydrogen-bond acceptors (Lipinski definition) is 3. The highest BCUT2D eigenvalue weighted by atomic mass is 35.5. The lowest BCUT2D eigenvalue weighted by Crippen LogP contribution is -2.25. The van der Waals surface area contributed by atoms with Crippen molar-refractivity contribution >= 4 is 23.4 Å². The smallest absolute Gasteiger partial charge is 0.253 e. The average molecular weight is 474 g/mol. The van der Waals surface area contributed by atoms with E-state index in [1.54, 1.807) is 13.0 Å². The van der Waals surface area contributed by atoms with Crippen molar-refractivity contribution in [3.8, 4) is 11.3 Å². The van der Waals surface area contributed by atoms with Gasteiger partial charge in [-0.15, -0.1) is 0 Å². The van der Waals surface area contributed by atoms with Crippen LogP contribution in [-0.2, 0) is 6.54 Å². The molecule has 0 bridgehead atoms. The summed E-state index contributed by atoms with van der Waals surface area (Å²) < 4.78 is 42.3. The van der Waals surface area contributed by atoms with Crippen LogP contribution in [0.4, 0.5) is 13.2 Å². The predicted octanol–water partition coefficient (Wildman–Crippen LogP) is 4.95. The van der Waals surface area contributed by atoms with Crippen LogP contribution in [0.15, 0.2) is 42.6 Å². The van der Waals surface area contributed by atoms with Crippen LogP contribution in [0.3, 0.4) is 0 Å². The minimum Gasteiger partial charge on any atom is -0.349 e. The van der Waals surface area contributed by atoms with Crippen LogP contribution in [-0.4, -0.2) is 22.8 Å². The first-order valence-electron chi connectivity index (χ1n) is 10.2. The van der Waals surface area contributed by atoms with E-state index < -0.39 is 29.9 Å². The first-order valence-corrected chi connectivity index (χ1v) is 10.6. The molecule has 0 atom stereocenters. The van der Waals surface area contributed by atoms with Gasteiger partial charge in [-0.25, -0.2) is 13.2 Å². The second-order valence-electron chi connectivity index (χ2n) is 7.81. The van der Waals surface area contributed by atoms with Gasteiger partial charge in [0.1, 0.15) is 17.5 Å². The van der Waals surface area contributed by atoms with Gasteiger partial charge < -0.3 is 10.6 Å². The molecule has 0 spiro atoms. The van der Waals surface area contributed by atoms with Gasteiger partial charge in [0, 0.05) is 35.5 Å². The summed E-state index contributed by atoms with van der Waals surface area (Å²) in [6.45, 7) is 1.17. The molecule has 2 amide bonds. The number of pyridine rings is 1. The number of benzene rings is 2. The molecule has 9 heteroatoms. The Balaban J connectivity index is 1.51. The number of nitrogens with zero attached hydrogens (tertiary/aromatic N) is 1. The third-order valence-electron chi connectivity index (χ3n) is 5.39. The lowest BCUT2D eigenvalue weighted by molar-refractivity contribution is 0.0942. The van der Waals surface area contributed by atoms with Gasteiger partial charge in [0.05, 0.1) is 16.3 Å². The van der Waals surface area contributed by atoms with E-state index in [2.05, 4.69) is 15.6 Å². The first kappa shape index (κ1) is 22.8. The largest absolute Gasteiger partial charge is 0.349 e. The predicted molar refractivity (Wildman–Crippen MR) is 117 cm³/mol. The summed E-state index contributed by atoms with van der Waals surface area (Å²) in [5, 5.41) is 4.99. The average Bonchev–Trinajstić information content (AvgIpc) is 3.62. The maximum atomic E-state index is 14.5. The molecule has 1 fully saturated rings. The van der Waals surface area contributed by atoms with Gasteiger partial charge >= 0.3 is 0 Å². The van der Waals surface area contributed by atoms with E-state index in [1.807, 2.05) is 0 Å². The molecule has 2 N–H and O–H groups in total. The molecule has 1 aromatic heterocycles. The quantitative estimate of drug-likeness (QED) is 0.498. The third kappa shape index (κ3) is 5.01. The van der Waals surface area contributed by atoms with Gasteiger partial charge in [-0.1, -0.05) is 11.6 Å². The number of halogens is 4. The molecule has 170 valence electrons. The van der Waals surface area contributed by atoms with Crippen molar-refractivity contribution in [3.05, 3.63) is 87.3 Å². The Hall–Kier alpha value is -3.39. The minimum absolute atomic E-state index is 0.134. The Kier molecular flexibility index (Phi) is 6.37. The fourth-order valence-electron chi connectivity index (χ4n) is 3.26. The summed E-state index contributed by atoms with van der Waals surface area (Å²) in [7, 11) is 0. The molecule has 4 rings (SSSR count). The second-order valence-corrected chi connectivity index (χ2v) is 8.22. The molecular weight excluding hydrogens is 455 g/mol. The Morgan fingerprint density at radius 3 is 2.45 bits per heavy atom. The van der Waals surface area contributed by atoms with E-state index in [0.29, 0.717) is 16.8 Å². The summed E-state index contributed by atoms with van der Waals surface area (Å²) in [5.41, 5.74) is 1.08. The molecule has 0 unspecified atom stereocenters. The number of nitrogens with one attached hydrogen (secondary N) is 2. The Bertz CT molecular complexity index is 1240. The van der Waals surface area contributed by atoms with E-state index in [9.17, 15) is 22.8 Å². The fourth-order valence-corrected chi connectivity index (χ4v) is 3.44. The van der Waals surface area contributed by atoms with Crippen molar-refractivity contribution in [1.29, 1.82) is 0 Å². The van der Waals surface area contributed by atoms with Crippen LogP contribution >= 0.6 is 11.6 Å².